The lowest BCUT2D eigenvalue weighted by Gasteiger charge is -2.18. The molecule has 0 aliphatic heterocycles. The van der Waals surface area contributed by atoms with Crippen LogP contribution in [0.1, 0.15) is 37.7 Å². The van der Waals surface area contributed by atoms with E-state index in [1.807, 2.05) is 38.1 Å². The van der Waals surface area contributed by atoms with Crippen LogP contribution in [0.5, 0.6) is 11.5 Å². The predicted octanol–water partition coefficient (Wildman–Crippen LogP) is 3.13. The van der Waals surface area contributed by atoms with Gasteiger partial charge in [0.05, 0.1) is 26.0 Å². The molecular weight excluding hydrogens is 424 g/mol. The third-order valence-electron chi connectivity index (χ3n) is 5.82. The number of carbonyl (C=O) groups is 1. The summed E-state index contributed by atoms with van der Waals surface area (Å²) in [4.78, 5) is 26.3. The number of benzene rings is 1. The summed E-state index contributed by atoms with van der Waals surface area (Å²) in [6.07, 6.45) is 3.19. The lowest BCUT2D eigenvalue weighted by Crippen LogP contribution is -2.40. The molecule has 4 aromatic rings. The van der Waals surface area contributed by atoms with Crippen molar-refractivity contribution < 1.29 is 18.7 Å². The Labute approximate surface area is 190 Å². The Balaban J connectivity index is 1.56. The van der Waals surface area contributed by atoms with E-state index in [1.54, 1.807) is 30.9 Å². The van der Waals surface area contributed by atoms with Crippen LogP contribution in [0, 0.1) is 0 Å². The van der Waals surface area contributed by atoms with E-state index in [2.05, 4.69) is 10.4 Å². The molecule has 0 radical (unpaired) electrons. The summed E-state index contributed by atoms with van der Waals surface area (Å²) in [6.45, 7) is 4.23. The molecule has 0 aliphatic carbocycles. The normalized spacial score (nSPS) is 12.2. The quantitative estimate of drug-likeness (QED) is 0.419. The fraction of sp³-hybridized carbons (Fsp3) is 0.375. The molecular formula is C24H28N4O5. The molecule has 9 nitrogen and oxygen atoms in total. The van der Waals surface area contributed by atoms with Gasteiger partial charge in [0, 0.05) is 31.2 Å². The third kappa shape index (κ3) is 4.06. The maximum atomic E-state index is 13.2. The molecule has 1 atom stereocenters. The number of amides is 1. The van der Waals surface area contributed by atoms with Gasteiger partial charge in [0.25, 0.3) is 5.56 Å². The molecule has 0 fully saturated rings. The van der Waals surface area contributed by atoms with Gasteiger partial charge >= 0.3 is 0 Å². The van der Waals surface area contributed by atoms with E-state index in [0.717, 1.165) is 11.1 Å². The van der Waals surface area contributed by atoms with Gasteiger partial charge in [-0.1, -0.05) is 19.9 Å². The minimum atomic E-state index is -0.716. The van der Waals surface area contributed by atoms with Crippen molar-refractivity contribution in [2.24, 2.45) is 0 Å². The van der Waals surface area contributed by atoms with Crippen LogP contribution in [0.25, 0.3) is 16.6 Å². The second-order valence-electron chi connectivity index (χ2n) is 7.70. The van der Waals surface area contributed by atoms with E-state index >= 15 is 0 Å². The molecule has 9 heteroatoms. The average molecular weight is 453 g/mol. The number of ether oxygens (including phenoxy) is 2. The van der Waals surface area contributed by atoms with Crippen LogP contribution in [0.15, 0.2) is 45.8 Å². The van der Waals surface area contributed by atoms with Crippen molar-refractivity contribution in [2.45, 2.75) is 39.2 Å². The van der Waals surface area contributed by atoms with Crippen LogP contribution in [0.2, 0.25) is 0 Å². The van der Waals surface area contributed by atoms with Crippen molar-refractivity contribution >= 4 is 22.5 Å². The Morgan fingerprint density at radius 2 is 1.97 bits per heavy atom. The number of furan rings is 1. The van der Waals surface area contributed by atoms with Crippen molar-refractivity contribution in [3.8, 4) is 11.5 Å². The summed E-state index contributed by atoms with van der Waals surface area (Å²) >= 11 is 0. The standard InChI is InChI=1S/C24H28N4O5/c1-5-17(23(29)25-11-9-15-7-8-16(31-3)13-20(15)32-4)28-24(30)19-14-21-18(10-12-33-21)27(19)22(6-2)26-28/h7-8,10,12-14,17H,5-6,9,11H2,1-4H3,(H,25,29)/t17-/m1/s1. The Hall–Kier alpha value is -3.75. The van der Waals surface area contributed by atoms with Gasteiger partial charge in [-0.3, -0.25) is 14.0 Å². The second-order valence-corrected chi connectivity index (χ2v) is 7.70. The number of rotatable bonds is 9. The number of aryl methyl sites for hydroxylation is 1. The Kier molecular flexibility index (Phi) is 6.39. The van der Waals surface area contributed by atoms with Crippen LogP contribution in [-0.4, -0.2) is 40.9 Å². The van der Waals surface area contributed by atoms with Gasteiger partial charge < -0.3 is 19.2 Å². The molecule has 0 spiro atoms. The topological polar surface area (TPSA) is 100 Å². The van der Waals surface area contributed by atoms with E-state index in [1.165, 1.54) is 4.68 Å². The Morgan fingerprint density at radius 3 is 2.67 bits per heavy atom. The smallest absolute Gasteiger partial charge is 0.291 e. The molecule has 4 rings (SSSR count). The van der Waals surface area contributed by atoms with Crippen LogP contribution in [0.3, 0.4) is 0 Å². The largest absolute Gasteiger partial charge is 0.497 e. The summed E-state index contributed by atoms with van der Waals surface area (Å²) in [5.74, 6) is 1.84. The minimum absolute atomic E-state index is 0.249. The lowest BCUT2D eigenvalue weighted by atomic mass is 10.1. The van der Waals surface area contributed by atoms with Gasteiger partial charge in [-0.05, 0) is 24.5 Å². The number of aromatic nitrogens is 3. The van der Waals surface area contributed by atoms with Crippen LogP contribution >= 0.6 is 0 Å². The molecule has 174 valence electrons. The molecule has 3 aromatic heterocycles. The summed E-state index contributed by atoms with van der Waals surface area (Å²) in [5, 5.41) is 7.50. The van der Waals surface area contributed by atoms with Crippen LogP contribution in [0.4, 0.5) is 0 Å². The van der Waals surface area contributed by atoms with Gasteiger partial charge in [-0.25, -0.2) is 4.68 Å². The fourth-order valence-electron chi connectivity index (χ4n) is 4.10. The van der Waals surface area contributed by atoms with E-state index in [9.17, 15) is 9.59 Å². The molecule has 0 saturated carbocycles. The molecule has 0 unspecified atom stereocenters. The van der Waals surface area contributed by atoms with Crippen molar-refractivity contribution in [3.05, 3.63) is 58.3 Å². The van der Waals surface area contributed by atoms with Crippen molar-refractivity contribution in [3.63, 3.8) is 0 Å². The van der Waals surface area contributed by atoms with Crippen molar-refractivity contribution in [1.82, 2.24) is 19.5 Å². The third-order valence-corrected chi connectivity index (χ3v) is 5.82. The number of hydrogen-bond donors (Lipinski definition) is 1. The van der Waals surface area contributed by atoms with Crippen LogP contribution in [-0.2, 0) is 17.6 Å². The van der Waals surface area contributed by atoms with E-state index < -0.39 is 6.04 Å². The number of fused-ring (bicyclic) bond motifs is 3. The summed E-state index contributed by atoms with van der Waals surface area (Å²) in [5.41, 5.74) is 2.49. The number of hydrogen-bond acceptors (Lipinski definition) is 6. The summed E-state index contributed by atoms with van der Waals surface area (Å²) < 4.78 is 19.2. The number of carbonyl (C=O) groups excluding carboxylic acids is 1. The lowest BCUT2D eigenvalue weighted by molar-refractivity contribution is -0.124. The summed E-state index contributed by atoms with van der Waals surface area (Å²) in [6, 6.07) is 8.38. The Morgan fingerprint density at radius 1 is 1.15 bits per heavy atom. The highest BCUT2D eigenvalue weighted by molar-refractivity contribution is 5.83. The van der Waals surface area contributed by atoms with Crippen molar-refractivity contribution in [2.75, 3.05) is 20.8 Å². The monoisotopic (exact) mass is 452 g/mol. The molecule has 0 saturated heterocycles. The fourth-order valence-corrected chi connectivity index (χ4v) is 4.10. The first kappa shape index (κ1) is 22.4. The van der Waals surface area contributed by atoms with Gasteiger partial charge in [-0.15, -0.1) is 0 Å². The zero-order valence-corrected chi connectivity index (χ0v) is 19.3. The minimum Gasteiger partial charge on any atom is -0.497 e. The molecule has 1 amide bonds. The molecule has 3 heterocycles. The molecule has 33 heavy (non-hydrogen) atoms. The van der Waals surface area contributed by atoms with Gasteiger partial charge in [-0.2, -0.15) is 5.10 Å². The van der Waals surface area contributed by atoms with Gasteiger partial charge in [0.15, 0.2) is 5.58 Å². The maximum Gasteiger partial charge on any atom is 0.291 e. The molecule has 1 N–H and O–H groups in total. The van der Waals surface area contributed by atoms with E-state index in [4.69, 9.17) is 13.9 Å². The highest BCUT2D eigenvalue weighted by Crippen LogP contribution is 2.25. The number of nitrogens with one attached hydrogen (secondary N) is 1. The maximum absolute atomic E-state index is 13.2. The highest BCUT2D eigenvalue weighted by atomic mass is 16.5. The van der Waals surface area contributed by atoms with E-state index in [-0.39, 0.29) is 11.5 Å². The number of nitrogens with zero attached hydrogens (tertiary/aromatic N) is 3. The second kappa shape index (κ2) is 9.40. The average Bonchev–Trinajstić information content (AvgIpc) is 3.43. The first-order chi connectivity index (χ1) is 16.0. The SMILES string of the molecule is CCc1nn([C@H](CC)C(=O)NCCc2ccc(OC)cc2OC)c(=O)c2cc3occc3n12. The van der Waals surface area contributed by atoms with Crippen LogP contribution < -0.4 is 20.3 Å². The molecule has 0 aliphatic rings. The van der Waals surface area contributed by atoms with E-state index in [0.29, 0.717) is 54.2 Å². The van der Waals surface area contributed by atoms with Gasteiger partial charge in [0.1, 0.15) is 28.9 Å². The zero-order chi connectivity index (χ0) is 23.5. The number of methoxy groups -OCH3 is 2. The summed E-state index contributed by atoms with van der Waals surface area (Å²) in [7, 11) is 3.20. The highest BCUT2D eigenvalue weighted by Gasteiger charge is 2.24. The molecule has 1 aromatic carbocycles. The van der Waals surface area contributed by atoms with Crippen molar-refractivity contribution in [1.29, 1.82) is 0 Å². The Bertz CT molecular complexity index is 1350. The molecule has 0 bridgehead atoms. The first-order valence-electron chi connectivity index (χ1n) is 11.0. The van der Waals surface area contributed by atoms with Gasteiger partial charge in [0.2, 0.25) is 5.91 Å². The first-order valence-corrected chi connectivity index (χ1v) is 11.0. The predicted molar refractivity (Wildman–Crippen MR) is 124 cm³/mol. The zero-order valence-electron chi connectivity index (χ0n) is 19.3.